The summed E-state index contributed by atoms with van der Waals surface area (Å²) < 4.78 is 0. The van der Waals surface area contributed by atoms with Gasteiger partial charge in [-0.25, -0.2) is 0 Å². The number of allylic oxidation sites excluding steroid dienone is 2. The molecule has 3 nitrogen and oxygen atoms in total. The molecule has 2 rings (SSSR count). The van der Waals surface area contributed by atoms with Crippen LogP contribution < -0.4 is 0 Å². The quantitative estimate of drug-likeness (QED) is 0.265. The van der Waals surface area contributed by atoms with Gasteiger partial charge in [-0.15, -0.1) is 11.8 Å². The highest BCUT2D eigenvalue weighted by molar-refractivity contribution is 14.2. The van der Waals surface area contributed by atoms with E-state index in [0.717, 1.165) is 29.9 Å². The number of carbonyl (C=O) groups is 1. The molecule has 0 saturated heterocycles. The molecule has 0 atom stereocenters. The Hall–Kier alpha value is -0.470. The Bertz CT molecular complexity index is 572. The van der Waals surface area contributed by atoms with Gasteiger partial charge in [-0.3, -0.25) is 10.2 Å². The van der Waals surface area contributed by atoms with Crippen LogP contribution in [-0.4, -0.2) is 29.8 Å². The van der Waals surface area contributed by atoms with Crippen molar-refractivity contribution in [3.63, 3.8) is 0 Å². The first-order valence-electron chi connectivity index (χ1n) is 7.14. The van der Waals surface area contributed by atoms with Crippen molar-refractivity contribution in [3.05, 3.63) is 40.4 Å². The van der Waals surface area contributed by atoms with Gasteiger partial charge in [-0.2, -0.15) is 0 Å². The van der Waals surface area contributed by atoms with E-state index in [2.05, 4.69) is 27.5 Å². The van der Waals surface area contributed by atoms with E-state index in [1.165, 1.54) is 17.7 Å². The fraction of sp³-hybridized carbons (Fsp3) is 0.375. The van der Waals surface area contributed by atoms with Gasteiger partial charge in [0.05, 0.1) is 12.9 Å². The number of halogens is 1. The van der Waals surface area contributed by atoms with Gasteiger partial charge in [0.15, 0.2) is 5.78 Å². The van der Waals surface area contributed by atoms with E-state index < -0.39 is 0 Å². The Morgan fingerprint density at radius 3 is 2.59 bits per heavy atom. The average Bonchev–Trinajstić information content (AvgIpc) is 2.59. The number of nitrogens with one attached hydrogen (secondary N) is 1. The summed E-state index contributed by atoms with van der Waals surface area (Å²) in [6.45, 7) is 0.250. The van der Waals surface area contributed by atoms with Crippen molar-refractivity contribution < 1.29 is 4.79 Å². The first kappa shape index (κ1) is 17.9. The van der Waals surface area contributed by atoms with Gasteiger partial charge in [0.25, 0.3) is 0 Å². The molecule has 1 aliphatic rings. The lowest BCUT2D eigenvalue weighted by molar-refractivity contribution is 0.0971. The number of thioether (sulfide) groups is 1. The molecule has 1 aromatic rings. The second-order valence-corrected chi connectivity index (χ2v) is 7.91. The van der Waals surface area contributed by atoms with E-state index in [-0.39, 0.29) is 12.3 Å². The maximum Gasteiger partial charge on any atom is 0.182 e. The van der Waals surface area contributed by atoms with Crippen LogP contribution >= 0.6 is 41.9 Å². The summed E-state index contributed by atoms with van der Waals surface area (Å²) in [5.41, 5.74) is 1.87. The molecular formula is C16H19IN2OS2. The van der Waals surface area contributed by atoms with Crippen molar-refractivity contribution in [2.24, 2.45) is 0 Å². The minimum absolute atomic E-state index is 0.0621. The molecule has 1 aromatic carbocycles. The summed E-state index contributed by atoms with van der Waals surface area (Å²) >= 11 is 3.97. The summed E-state index contributed by atoms with van der Waals surface area (Å²) in [6.07, 6.45) is 7.74. The maximum absolute atomic E-state index is 12.5. The average molecular weight is 446 g/mol. The first-order valence-corrected chi connectivity index (χ1v) is 11.7. The molecular weight excluding hydrogens is 427 g/mol. The smallest absolute Gasteiger partial charge is 0.182 e. The number of rotatable bonds is 7. The highest BCUT2D eigenvalue weighted by atomic mass is 127. The summed E-state index contributed by atoms with van der Waals surface area (Å²) in [5.74, 6) is 0.0621. The molecule has 6 heteroatoms. The molecule has 0 heterocycles. The third kappa shape index (κ3) is 4.52. The standard InChI is InChI=1S/C16H19IN2OS2/c1-21-16-5-3-2-4-14(16)19(11-18)10-15(20)12-6-8-13(22-17)9-7-12/h6-9,11,18H,2-5,10H2,1H3. The number of benzene rings is 1. The van der Waals surface area contributed by atoms with Gasteiger partial charge < -0.3 is 4.90 Å². The predicted octanol–water partition coefficient (Wildman–Crippen LogP) is 5.37. The highest BCUT2D eigenvalue weighted by Gasteiger charge is 2.19. The molecule has 22 heavy (non-hydrogen) atoms. The van der Waals surface area contributed by atoms with Crippen LogP contribution in [0.3, 0.4) is 0 Å². The zero-order chi connectivity index (χ0) is 15.9. The second kappa shape index (κ2) is 8.98. The van der Waals surface area contributed by atoms with Crippen LogP contribution in [0.5, 0.6) is 0 Å². The van der Waals surface area contributed by atoms with Gasteiger partial charge in [0, 0.05) is 42.3 Å². The van der Waals surface area contributed by atoms with E-state index in [9.17, 15) is 4.79 Å². The van der Waals surface area contributed by atoms with Crippen LogP contribution in [0.1, 0.15) is 36.0 Å². The normalized spacial score (nSPS) is 14.8. The lowest BCUT2D eigenvalue weighted by atomic mass is 10.0. The number of hydrogen-bond donors (Lipinski definition) is 1. The van der Waals surface area contributed by atoms with Gasteiger partial charge in [-0.05, 0) is 44.1 Å². The Morgan fingerprint density at radius 1 is 1.32 bits per heavy atom. The van der Waals surface area contributed by atoms with Crippen LogP contribution in [0.2, 0.25) is 0 Å². The lowest BCUT2D eigenvalue weighted by Crippen LogP contribution is -2.29. The summed E-state index contributed by atoms with van der Waals surface area (Å²) in [5, 5.41) is 7.68. The Labute approximate surface area is 152 Å². The van der Waals surface area contributed by atoms with Crippen molar-refractivity contribution in [2.45, 2.75) is 30.6 Å². The zero-order valence-corrected chi connectivity index (χ0v) is 16.3. The number of carbonyl (C=O) groups excluding carboxylic acids is 1. The van der Waals surface area contributed by atoms with Crippen molar-refractivity contribution in [1.82, 2.24) is 4.90 Å². The SMILES string of the molecule is CSC1=C(N(C=N)CC(=O)c2ccc(SI)cc2)CCCC1. The molecule has 0 aliphatic heterocycles. The molecule has 0 unspecified atom stereocenters. The third-order valence-corrected chi connectivity index (χ3v) is 6.63. The number of hydrogen-bond acceptors (Lipinski definition) is 4. The molecule has 0 radical (unpaired) electrons. The summed E-state index contributed by atoms with van der Waals surface area (Å²) in [4.78, 5) is 16.7. The number of nitrogens with zero attached hydrogens (tertiary/aromatic N) is 1. The van der Waals surface area contributed by atoms with Gasteiger partial charge in [0.1, 0.15) is 0 Å². The van der Waals surface area contributed by atoms with Crippen LogP contribution in [0.15, 0.2) is 39.8 Å². The first-order chi connectivity index (χ1) is 10.7. The minimum Gasteiger partial charge on any atom is -0.328 e. The van der Waals surface area contributed by atoms with Crippen LogP contribution in [-0.2, 0) is 0 Å². The lowest BCUT2D eigenvalue weighted by Gasteiger charge is -2.27. The molecule has 1 aliphatic carbocycles. The van der Waals surface area contributed by atoms with Gasteiger partial charge >= 0.3 is 0 Å². The van der Waals surface area contributed by atoms with Crippen molar-refractivity contribution in [3.8, 4) is 0 Å². The Kier molecular flexibility index (Phi) is 7.30. The number of ketones is 1. The van der Waals surface area contributed by atoms with E-state index in [1.54, 1.807) is 20.7 Å². The molecule has 0 aromatic heterocycles. The van der Waals surface area contributed by atoms with Crippen molar-refractivity contribution >= 4 is 54.0 Å². The van der Waals surface area contributed by atoms with Crippen molar-refractivity contribution in [1.29, 1.82) is 5.41 Å². The van der Waals surface area contributed by atoms with Gasteiger partial charge in [0.2, 0.25) is 0 Å². The zero-order valence-electron chi connectivity index (χ0n) is 12.5. The van der Waals surface area contributed by atoms with E-state index in [4.69, 9.17) is 5.41 Å². The Balaban J connectivity index is 2.13. The monoisotopic (exact) mass is 446 g/mol. The molecule has 0 saturated carbocycles. The van der Waals surface area contributed by atoms with Crippen LogP contribution in [0, 0.1) is 5.41 Å². The Morgan fingerprint density at radius 2 is 2.00 bits per heavy atom. The third-order valence-electron chi connectivity index (χ3n) is 3.72. The van der Waals surface area contributed by atoms with Crippen LogP contribution in [0.25, 0.3) is 0 Å². The largest absolute Gasteiger partial charge is 0.328 e. The minimum atomic E-state index is 0.0621. The maximum atomic E-state index is 12.5. The van der Waals surface area contributed by atoms with Gasteiger partial charge in [-0.1, -0.05) is 21.1 Å². The summed E-state index contributed by atoms with van der Waals surface area (Å²) in [6, 6.07) is 7.67. The molecule has 0 amide bonds. The van der Waals surface area contributed by atoms with E-state index >= 15 is 0 Å². The molecule has 118 valence electrons. The highest BCUT2D eigenvalue weighted by Crippen LogP contribution is 2.33. The second-order valence-electron chi connectivity index (χ2n) is 5.06. The van der Waals surface area contributed by atoms with E-state index in [1.807, 2.05) is 29.2 Å². The topological polar surface area (TPSA) is 44.2 Å². The molecule has 0 fully saturated rings. The van der Waals surface area contributed by atoms with E-state index in [0.29, 0.717) is 5.56 Å². The van der Waals surface area contributed by atoms with Crippen LogP contribution in [0.4, 0.5) is 0 Å². The molecule has 0 spiro atoms. The fourth-order valence-electron chi connectivity index (χ4n) is 2.54. The predicted molar refractivity (Wildman–Crippen MR) is 105 cm³/mol. The fourth-order valence-corrected chi connectivity index (χ4v) is 4.47. The molecule has 0 bridgehead atoms. The number of Topliss-reactive ketones (excluding diaryl/α,β-unsaturated/α-hetero) is 1. The van der Waals surface area contributed by atoms with Crippen molar-refractivity contribution in [2.75, 3.05) is 12.8 Å². The molecule has 1 N–H and O–H groups in total. The summed E-state index contributed by atoms with van der Waals surface area (Å²) in [7, 11) is 1.64.